The van der Waals surface area contributed by atoms with Crippen LogP contribution >= 0.6 is 11.3 Å². The standard InChI is InChI=1S/C15H11F3N2OS/c1-9-6-7-22-12(9)8-10-2-4-11(5-3-10)13-19-14(21-20-13)15(16,17)18/h2-7H,8H2,1H3. The van der Waals surface area contributed by atoms with E-state index in [2.05, 4.69) is 27.7 Å². The van der Waals surface area contributed by atoms with Crippen LogP contribution in [0.5, 0.6) is 0 Å². The van der Waals surface area contributed by atoms with E-state index in [1.54, 1.807) is 23.5 Å². The molecule has 0 saturated heterocycles. The van der Waals surface area contributed by atoms with Gasteiger partial charge in [0, 0.05) is 16.9 Å². The van der Waals surface area contributed by atoms with Crippen molar-refractivity contribution < 1.29 is 17.7 Å². The van der Waals surface area contributed by atoms with Crippen molar-refractivity contribution in [2.75, 3.05) is 0 Å². The van der Waals surface area contributed by atoms with Gasteiger partial charge in [-0.3, -0.25) is 0 Å². The van der Waals surface area contributed by atoms with Gasteiger partial charge >= 0.3 is 12.1 Å². The van der Waals surface area contributed by atoms with E-state index in [4.69, 9.17) is 0 Å². The van der Waals surface area contributed by atoms with Crippen LogP contribution in [0, 0.1) is 6.92 Å². The minimum atomic E-state index is -4.62. The van der Waals surface area contributed by atoms with Gasteiger partial charge in [0.2, 0.25) is 5.82 Å². The quantitative estimate of drug-likeness (QED) is 0.700. The van der Waals surface area contributed by atoms with Crippen molar-refractivity contribution >= 4 is 11.3 Å². The zero-order valence-electron chi connectivity index (χ0n) is 11.5. The Labute approximate surface area is 128 Å². The van der Waals surface area contributed by atoms with Crippen molar-refractivity contribution in [3.63, 3.8) is 0 Å². The molecule has 0 bridgehead atoms. The highest BCUT2D eigenvalue weighted by Crippen LogP contribution is 2.29. The molecule has 0 aliphatic heterocycles. The Hall–Kier alpha value is -2.15. The molecule has 0 fully saturated rings. The summed E-state index contributed by atoms with van der Waals surface area (Å²) in [5.41, 5.74) is 2.81. The first-order valence-corrected chi connectivity index (χ1v) is 7.34. The molecular weight excluding hydrogens is 313 g/mol. The number of hydrogen-bond donors (Lipinski definition) is 0. The molecule has 0 spiro atoms. The zero-order chi connectivity index (χ0) is 15.7. The van der Waals surface area contributed by atoms with Crippen LogP contribution in [-0.2, 0) is 12.6 Å². The van der Waals surface area contributed by atoms with Gasteiger partial charge < -0.3 is 4.52 Å². The van der Waals surface area contributed by atoms with Crippen LogP contribution in [0.25, 0.3) is 11.4 Å². The van der Waals surface area contributed by atoms with Crippen LogP contribution in [0.15, 0.2) is 40.2 Å². The molecule has 0 unspecified atom stereocenters. The van der Waals surface area contributed by atoms with Gasteiger partial charge in [0.15, 0.2) is 0 Å². The molecule has 1 aromatic carbocycles. The van der Waals surface area contributed by atoms with Crippen LogP contribution in [0.1, 0.15) is 21.9 Å². The summed E-state index contributed by atoms with van der Waals surface area (Å²) >= 11 is 1.69. The molecule has 0 amide bonds. The molecule has 22 heavy (non-hydrogen) atoms. The molecule has 0 N–H and O–H groups in total. The number of rotatable bonds is 3. The smallest absolute Gasteiger partial charge is 0.329 e. The molecule has 0 radical (unpaired) electrons. The van der Waals surface area contributed by atoms with E-state index >= 15 is 0 Å². The minimum absolute atomic E-state index is 0.0637. The lowest BCUT2D eigenvalue weighted by atomic mass is 10.1. The van der Waals surface area contributed by atoms with Crippen LogP contribution in [0.4, 0.5) is 13.2 Å². The Morgan fingerprint density at radius 3 is 2.41 bits per heavy atom. The SMILES string of the molecule is Cc1ccsc1Cc1ccc(-c2noc(C(F)(F)F)n2)cc1. The molecule has 0 atom stereocenters. The fourth-order valence-corrected chi connectivity index (χ4v) is 2.94. The molecule has 3 nitrogen and oxygen atoms in total. The van der Waals surface area contributed by atoms with E-state index in [1.807, 2.05) is 17.5 Å². The summed E-state index contributed by atoms with van der Waals surface area (Å²) < 4.78 is 41.5. The second-order valence-corrected chi connectivity index (χ2v) is 5.82. The highest BCUT2D eigenvalue weighted by atomic mass is 32.1. The molecule has 3 rings (SSSR count). The maximum atomic E-state index is 12.4. The number of halogens is 3. The van der Waals surface area contributed by atoms with Crippen molar-refractivity contribution in [1.82, 2.24) is 10.1 Å². The number of aromatic nitrogens is 2. The average Bonchev–Trinajstić information content (AvgIpc) is 3.09. The summed E-state index contributed by atoms with van der Waals surface area (Å²) in [4.78, 5) is 4.64. The zero-order valence-corrected chi connectivity index (χ0v) is 12.3. The topological polar surface area (TPSA) is 38.9 Å². The fourth-order valence-electron chi connectivity index (χ4n) is 2.00. The highest BCUT2D eigenvalue weighted by molar-refractivity contribution is 7.10. The van der Waals surface area contributed by atoms with Crippen molar-refractivity contribution in [2.24, 2.45) is 0 Å². The van der Waals surface area contributed by atoms with Gasteiger partial charge in [-0.15, -0.1) is 11.3 Å². The predicted molar refractivity (Wildman–Crippen MR) is 76.6 cm³/mol. The van der Waals surface area contributed by atoms with E-state index in [9.17, 15) is 13.2 Å². The van der Waals surface area contributed by atoms with Gasteiger partial charge in [0.25, 0.3) is 0 Å². The van der Waals surface area contributed by atoms with Gasteiger partial charge in [0.1, 0.15) is 0 Å². The summed E-state index contributed by atoms with van der Waals surface area (Å²) in [6.07, 6.45) is -3.83. The van der Waals surface area contributed by atoms with E-state index < -0.39 is 12.1 Å². The number of hydrogen-bond acceptors (Lipinski definition) is 4. The number of nitrogens with zero attached hydrogens (tertiary/aromatic N) is 2. The largest absolute Gasteiger partial charge is 0.471 e. The van der Waals surface area contributed by atoms with Crippen LogP contribution in [0.2, 0.25) is 0 Å². The number of thiophene rings is 1. The third-order valence-corrected chi connectivity index (χ3v) is 4.24. The normalized spacial score (nSPS) is 11.8. The molecule has 114 valence electrons. The van der Waals surface area contributed by atoms with E-state index in [1.165, 1.54) is 10.4 Å². The molecule has 3 aromatic rings. The second-order valence-electron chi connectivity index (χ2n) is 4.82. The molecule has 0 saturated carbocycles. The lowest BCUT2D eigenvalue weighted by Gasteiger charge is -2.02. The fraction of sp³-hybridized carbons (Fsp3) is 0.200. The molecular formula is C15H11F3N2OS. The molecule has 0 aliphatic carbocycles. The van der Waals surface area contributed by atoms with Gasteiger partial charge in [-0.1, -0.05) is 29.4 Å². The highest BCUT2D eigenvalue weighted by Gasteiger charge is 2.38. The first kappa shape index (κ1) is 14.8. The molecule has 0 aliphatic rings. The molecule has 2 aromatic heterocycles. The van der Waals surface area contributed by atoms with Gasteiger partial charge in [-0.05, 0) is 29.5 Å². The number of aryl methyl sites for hydroxylation is 1. The number of alkyl halides is 3. The summed E-state index contributed by atoms with van der Waals surface area (Å²) in [6, 6.07) is 9.18. The van der Waals surface area contributed by atoms with Gasteiger partial charge in [-0.25, -0.2) is 0 Å². The summed E-state index contributed by atoms with van der Waals surface area (Å²) in [7, 11) is 0. The number of benzene rings is 1. The van der Waals surface area contributed by atoms with Gasteiger partial charge in [0.05, 0.1) is 0 Å². The average molecular weight is 324 g/mol. The van der Waals surface area contributed by atoms with Crippen LogP contribution in [0.3, 0.4) is 0 Å². The predicted octanol–water partition coefficient (Wildman–Crippen LogP) is 4.72. The van der Waals surface area contributed by atoms with Crippen molar-refractivity contribution in [1.29, 1.82) is 0 Å². The maximum Gasteiger partial charge on any atom is 0.471 e. The summed E-state index contributed by atoms with van der Waals surface area (Å²) in [6.45, 7) is 2.05. The Bertz CT molecular complexity index is 775. The maximum absolute atomic E-state index is 12.4. The third-order valence-electron chi connectivity index (χ3n) is 3.21. The second kappa shape index (κ2) is 5.57. The monoisotopic (exact) mass is 324 g/mol. The van der Waals surface area contributed by atoms with E-state index in [-0.39, 0.29) is 5.82 Å². The first-order chi connectivity index (χ1) is 10.4. The van der Waals surface area contributed by atoms with Crippen LogP contribution in [-0.4, -0.2) is 10.1 Å². The Balaban J connectivity index is 1.79. The molecule has 7 heteroatoms. The van der Waals surface area contributed by atoms with Crippen molar-refractivity contribution in [3.05, 3.63) is 57.6 Å². The van der Waals surface area contributed by atoms with Gasteiger partial charge in [-0.2, -0.15) is 18.2 Å². The van der Waals surface area contributed by atoms with E-state index in [0.29, 0.717) is 5.56 Å². The first-order valence-electron chi connectivity index (χ1n) is 6.46. The van der Waals surface area contributed by atoms with Crippen LogP contribution < -0.4 is 0 Å². The Morgan fingerprint density at radius 1 is 1.14 bits per heavy atom. The summed E-state index contributed by atoms with van der Waals surface area (Å²) in [5, 5.41) is 5.41. The van der Waals surface area contributed by atoms with Crippen molar-refractivity contribution in [3.8, 4) is 11.4 Å². The minimum Gasteiger partial charge on any atom is -0.329 e. The van der Waals surface area contributed by atoms with E-state index in [0.717, 1.165) is 12.0 Å². The lowest BCUT2D eigenvalue weighted by Crippen LogP contribution is -2.04. The third kappa shape index (κ3) is 3.04. The summed E-state index contributed by atoms with van der Waals surface area (Å²) in [5.74, 6) is -1.40. The Kier molecular flexibility index (Phi) is 3.74. The Morgan fingerprint density at radius 2 is 1.86 bits per heavy atom. The lowest BCUT2D eigenvalue weighted by molar-refractivity contribution is -0.159. The van der Waals surface area contributed by atoms with Crippen molar-refractivity contribution in [2.45, 2.75) is 19.5 Å². The molecule has 2 heterocycles.